The second kappa shape index (κ2) is 6.66. The summed E-state index contributed by atoms with van der Waals surface area (Å²) in [5.41, 5.74) is 6.70. The molecule has 0 unspecified atom stereocenters. The van der Waals surface area contributed by atoms with Gasteiger partial charge < -0.3 is 11.1 Å². The van der Waals surface area contributed by atoms with Crippen LogP contribution in [0.1, 0.15) is 24.0 Å². The molecule has 0 spiro atoms. The van der Waals surface area contributed by atoms with E-state index in [2.05, 4.69) is 5.32 Å². The van der Waals surface area contributed by atoms with E-state index < -0.39 is 5.82 Å². The molecule has 6 heteroatoms. The molecule has 1 aliphatic heterocycles. The third kappa shape index (κ3) is 4.00. The number of hydrogen-bond donors (Lipinski definition) is 2. The van der Waals surface area contributed by atoms with E-state index in [1.54, 1.807) is 6.92 Å². The van der Waals surface area contributed by atoms with Crippen LogP contribution in [-0.4, -0.2) is 36.5 Å². The van der Waals surface area contributed by atoms with Crippen molar-refractivity contribution in [1.29, 1.82) is 5.26 Å². The Morgan fingerprint density at radius 1 is 1.52 bits per heavy atom. The highest BCUT2D eigenvalue weighted by molar-refractivity contribution is 5.93. The average molecular weight is 290 g/mol. The van der Waals surface area contributed by atoms with Crippen molar-refractivity contribution in [3.05, 3.63) is 29.1 Å². The molecule has 2 rings (SSSR count). The molecular weight excluding hydrogens is 271 g/mol. The molecule has 1 aromatic rings. The van der Waals surface area contributed by atoms with Gasteiger partial charge in [0, 0.05) is 30.4 Å². The number of amides is 1. The number of anilines is 1. The lowest BCUT2D eigenvalue weighted by Crippen LogP contribution is -2.43. The van der Waals surface area contributed by atoms with Crippen LogP contribution in [0.3, 0.4) is 0 Å². The van der Waals surface area contributed by atoms with Crippen molar-refractivity contribution >= 4 is 11.6 Å². The van der Waals surface area contributed by atoms with E-state index >= 15 is 0 Å². The van der Waals surface area contributed by atoms with Crippen LogP contribution in [0.2, 0.25) is 0 Å². The quantitative estimate of drug-likeness (QED) is 0.880. The van der Waals surface area contributed by atoms with Gasteiger partial charge in [0.25, 0.3) is 0 Å². The maximum Gasteiger partial charge on any atom is 0.238 e. The lowest BCUT2D eigenvalue weighted by atomic mass is 10.1. The van der Waals surface area contributed by atoms with Crippen LogP contribution in [0.4, 0.5) is 10.1 Å². The molecule has 112 valence electrons. The molecule has 1 aromatic carbocycles. The van der Waals surface area contributed by atoms with Crippen molar-refractivity contribution in [3.8, 4) is 6.07 Å². The van der Waals surface area contributed by atoms with Crippen LogP contribution in [-0.2, 0) is 4.79 Å². The van der Waals surface area contributed by atoms with Gasteiger partial charge >= 0.3 is 0 Å². The van der Waals surface area contributed by atoms with Crippen molar-refractivity contribution in [2.24, 2.45) is 5.73 Å². The summed E-state index contributed by atoms with van der Waals surface area (Å²) in [6.45, 7) is 3.41. The van der Waals surface area contributed by atoms with Gasteiger partial charge in [-0.05, 0) is 31.9 Å². The third-order valence-electron chi connectivity index (χ3n) is 3.75. The van der Waals surface area contributed by atoms with Crippen LogP contribution >= 0.6 is 0 Å². The Kier molecular flexibility index (Phi) is 4.89. The second-order valence-corrected chi connectivity index (χ2v) is 5.40. The molecule has 0 radical (unpaired) electrons. The monoisotopic (exact) mass is 290 g/mol. The minimum atomic E-state index is -0.492. The molecule has 0 saturated carbocycles. The van der Waals surface area contributed by atoms with E-state index in [9.17, 15) is 9.18 Å². The number of carbonyl (C=O) groups excluding carboxylic acids is 1. The van der Waals surface area contributed by atoms with Crippen molar-refractivity contribution in [3.63, 3.8) is 0 Å². The number of hydrogen-bond acceptors (Lipinski definition) is 4. The normalized spacial score (nSPS) is 16.5. The zero-order valence-electron chi connectivity index (χ0n) is 12.0. The van der Waals surface area contributed by atoms with Gasteiger partial charge in [-0.3, -0.25) is 9.69 Å². The van der Waals surface area contributed by atoms with E-state index in [0.717, 1.165) is 32.0 Å². The lowest BCUT2D eigenvalue weighted by molar-refractivity contribution is -0.117. The van der Waals surface area contributed by atoms with Gasteiger partial charge in [0.1, 0.15) is 5.82 Å². The number of nitrogens with one attached hydrogen (secondary N) is 1. The largest absolute Gasteiger partial charge is 0.328 e. The van der Waals surface area contributed by atoms with Crippen molar-refractivity contribution in [1.82, 2.24) is 4.90 Å². The lowest BCUT2D eigenvalue weighted by Gasteiger charge is -2.29. The number of likely N-dealkylation sites (tertiary alicyclic amines) is 1. The number of nitrogens with two attached hydrogens (primary N) is 1. The minimum absolute atomic E-state index is 0.192. The Hall–Kier alpha value is -1.97. The average Bonchev–Trinajstić information content (AvgIpc) is 2.46. The molecule has 5 nitrogen and oxygen atoms in total. The smallest absolute Gasteiger partial charge is 0.238 e. The topological polar surface area (TPSA) is 82.2 Å². The van der Waals surface area contributed by atoms with E-state index in [0.29, 0.717) is 11.3 Å². The Morgan fingerprint density at radius 3 is 2.81 bits per heavy atom. The van der Waals surface area contributed by atoms with Crippen LogP contribution in [0.15, 0.2) is 12.1 Å². The third-order valence-corrected chi connectivity index (χ3v) is 3.75. The van der Waals surface area contributed by atoms with Crippen molar-refractivity contribution < 1.29 is 9.18 Å². The number of rotatable bonds is 3. The summed E-state index contributed by atoms with van der Waals surface area (Å²) >= 11 is 0. The van der Waals surface area contributed by atoms with Gasteiger partial charge in [0.15, 0.2) is 0 Å². The first-order valence-corrected chi connectivity index (χ1v) is 6.97. The Balaban J connectivity index is 2.00. The molecule has 1 fully saturated rings. The first-order chi connectivity index (χ1) is 9.99. The number of carbonyl (C=O) groups is 1. The highest BCUT2D eigenvalue weighted by Crippen LogP contribution is 2.20. The molecule has 21 heavy (non-hydrogen) atoms. The molecule has 0 atom stereocenters. The molecular formula is C15H19FN4O. The van der Waals surface area contributed by atoms with E-state index in [-0.39, 0.29) is 24.1 Å². The molecule has 1 saturated heterocycles. The van der Waals surface area contributed by atoms with Crippen LogP contribution < -0.4 is 11.1 Å². The summed E-state index contributed by atoms with van der Waals surface area (Å²) in [4.78, 5) is 14.1. The van der Waals surface area contributed by atoms with E-state index in [1.807, 2.05) is 11.0 Å². The molecule has 0 aliphatic carbocycles. The molecule has 3 N–H and O–H groups in total. The molecule has 0 aromatic heterocycles. The van der Waals surface area contributed by atoms with Gasteiger partial charge in [0.05, 0.1) is 18.2 Å². The predicted octanol–water partition coefficient (Wildman–Crippen LogP) is 1.37. The SMILES string of the molecule is Cc1c(F)cc(C#N)cc1NC(=O)CN1CCC(N)CC1. The number of nitriles is 1. The first kappa shape index (κ1) is 15.4. The standard InChI is InChI=1S/C15H19FN4O/c1-10-13(16)6-11(8-17)7-14(10)19-15(21)9-20-4-2-12(18)3-5-20/h6-7,12H,2-5,9,18H2,1H3,(H,19,21). The van der Waals surface area contributed by atoms with Gasteiger partial charge in [-0.1, -0.05) is 0 Å². The number of piperidine rings is 1. The maximum atomic E-state index is 13.7. The molecule has 1 amide bonds. The van der Waals surface area contributed by atoms with Crippen LogP contribution in [0.5, 0.6) is 0 Å². The molecule has 1 heterocycles. The number of halogens is 1. The fourth-order valence-corrected chi connectivity index (χ4v) is 2.38. The van der Waals surface area contributed by atoms with Crippen LogP contribution in [0.25, 0.3) is 0 Å². The first-order valence-electron chi connectivity index (χ1n) is 6.97. The fraction of sp³-hybridized carbons (Fsp3) is 0.467. The van der Waals surface area contributed by atoms with E-state index in [1.165, 1.54) is 6.07 Å². The Labute approximate surface area is 123 Å². The zero-order valence-corrected chi connectivity index (χ0v) is 12.0. The van der Waals surface area contributed by atoms with Crippen LogP contribution in [0, 0.1) is 24.1 Å². The van der Waals surface area contributed by atoms with Gasteiger partial charge in [-0.2, -0.15) is 5.26 Å². The summed E-state index contributed by atoms with van der Waals surface area (Å²) in [5, 5.41) is 11.5. The second-order valence-electron chi connectivity index (χ2n) is 5.40. The Morgan fingerprint density at radius 2 is 2.19 bits per heavy atom. The Bertz CT molecular complexity index is 574. The minimum Gasteiger partial charge on any atom is -0.328 e. The van der Waals surface area contributed by atoms with Gasteiger partial charge in [0.2, 0.25) is 5.91 Å². The number of benzene rings is 1. The maximum absolute atomic E-state index is 13.7. The summed E-state index contributed by atoms with van der Waals surface area (Å²) in [5.74, 6) is -0.698. The van der Waals surface area contributed by atoms with Crippen molar-refractivity contribution in [2.75, 3.05) is 25.0 Å². The summed E-state index contributed by atoms with van der Waals surface area (Å²) in [6.07, 6.45) is 1.76. The van der Waals surface area contributed by atoms with Crippen molar-refractivity contribution in [2.45, 2.75) is 25.8 Å². The zero-order chi connectivity index (χ0) is 15.4. The molecule has 1 aliphatic rings. The highest BCUT2D eigenvalue weighted by Gasteiger charge is 2.19. The fourth-order valence-electron chi connectivity index (χ4n) is 2.38. The predicted molar refractivity (Wildman–Crippen MR) is 78.1 cm³/mol. The summed E-state index contributed by atoms with van der Waals surface area (Å²) in [6, 6.07) is 4.75. The summed E-state index contributed by atoms with van der Waals surface area (Å²) in [7, 11) is 0. The van der Waals surface area contributed by atoms with Gasteiger partial charge in [-0.15, -0.1) is 0 Å². The van der Waals surface area contributed by atoms with Gasteiger partial charge in [-0.25, -0.2) is 4.39 Å². The molecule has 0 bridgehead atoms. The number of nitrogens with zero attached hydrogens (tertiary/aromatic N) is 2. The highest BCUT2D eigenvalue weighted by atomic mass is 19.1. The van der Waals surface area contributed by atoms with E-state index in [4.69, 9.17) is 11.0 Å². The summed E-state index contributed by atoms with van der Waals surface area (Å²) < 4.78 is 13.7.